The van der Waals surface area contributed by atoms with Gasteiger partial charge in [-0.05, 0) is 0 Å². The second-order valence-corrected chi connectivity index (χ2v) is 4.73. The third kappa shape index (κ3) is 1.87. The van der Waals surface area contributed by atoms with Crippen LogP contribution in [0.25, 0.3) is 0 Å². The molecule has 0 heterocycles. The minimum atomic E-state index is -1.21. The van der Waals surface area contributed by atoms with Crippen molar-refractivity contribution in [3.8, 4) is 5.75 Å². The molecule has 0 spiro atoms. The van der Waals surface area contributed by atoms with Gasteiger partial charge >= 0.3 is 11.4 Å². The van der Waals surface area contributed by atoms with Crippen LogP contribution in [-0.2, 0) is 0 Å². The van der Waals surface area contributed by atoms with Crippen molar-refractivity contribution in [1.29, 1.82) is 0 Å². The zero-order valence-electron chi connectivity index (χ0n) is 11.2. The van der Waals surface area contributed by atoms with Gasteiger partial charge < -0.3 is 5.11 Å². The first-order valence-electron chi connectivity index (χ1n) is 6.21. The lowest BCUT2D eigenvalue weighted by molar-refractivity contribution is -0.423. The molecule has 0 saturated carbocycles. The maximum atomic E-state index is 12.4. The van der Waals surface area contributed by atoms with Crippen LogP contribution in [0.15, 0.2) is 30.3 Å². The van der Waals surface area contributed by atoms with E-state index in [1.165, 1.54) is 24.3 Å². The van der Waals surface area contributed by atoms with Crippen LogP contribution in [-0.4, -0.2) is 26.5 Å². The molecule has 2 aromatic rings. The Kier molecular flexibility index (Phi) is 2.93. The van der Waals surface area contributed by atoms with Crippen molar-refractivity contribution in [2.75, 3.05) is 0 Å². The van der Waals surface area contributed by atoms with E-state index in [0.29, 0.717) is 6.07 Å². The standard InChI is InChI=1S/C14H6N2O7/c17-12-6-3-1-2-4-7(6)13(18)10-8(12)5-9(15(20)21)11(14(10)19)16(22)23/h1-5,19H. The predicted octanol–water partition coefficient (Wildman–Crippen LogP) is 1.98. The van der Waals surface area contributed by atoms with Crippen molar-refractivity contribution < 1.29 is 24.5 Å². The minimum absolute atomic E-state index is 0.0209. The van der Waals surface area contributed by atoms with Crippen LogP contribution < -0.4 is 0 Å². The second-order valence-electron chi connectivity index (χ2n) is 4.73. The number of fused-ring (bicyclic) bond motifs is 2. The van der Waals surface area contributed by atoms with Gasteiger partial charge in [0, 0.05) is 22.8 Å². The molecule has 0 radical (unpaired) electrons. The quantitative estimate of drug-likeness (QED) is 0.563. The summed E-state index contributed by atoms with van der Waals surface area (Å²) < 4.78 is 0. The molecule has 9 nitrogen and oxygen atoms in total. The van der Waals surface area contributed by atoms with Gasteiger partial charge in [-0.2, -0.15) is 0 Å². The van der Waals surface area contributed by atoms with Crippen molar-refractivity contribution in [3.63, 3.8) is 0 Å². The summed E-state index contributed by atoms with van der Waals surface area (Å²) in [5.74, 6) is -2.69. The number of rotatable bonds is 2. The average Bonchev–Trinajstić information content (AvgIpc) is 2.51. The molecule has 0 saturated heterocycles. The minimum Gasteiger partial charge on any atom is -0.501 e. The normalized spacial score (nSPS) is 12.5. The first kappa shape index (κ1) is 14.3. The number of hydrogen-bond donors (Lipinski definition) is 1. The van der Waals surface area contributed by atoms with E-state index in [9.17, 15) is 34.9 Å². The zero-order valence-corrected chi connectivity index (χ0v) is 11.2. The molecule has 0 fully saturated rings. The molecule has 23 heavy (non-hydrogen) atoms. The summed E-state index contributed by atoms with van der Waals surface area (Å²) in [6.07, 6.45) is 0. The van der Waals surface area contributed by atoms with Crippen LogP contribution in [0.1, 0.15) is 31.8 Å². The van der Waals surface area contributed by atoms with E-state index >= 15 is 0 Å². The molecule has 0 atom stereocenters. The lowest BCUT2D eigenvalue weighted by atomic mass is 9.83. The van der Waals surface area contributed by atoms with Gasteiger partial charge in [0.05, 0.1) is 15.4 Å². The summed E-state index contributed by atoms with van der Waals surface area (Å²) in [6, 6.07) is 6.36. The first-order chi connectivity index (χ1) is 10.8. The largest absolute Gasteiger partial charge is 0.501 e. The van der Waals surface area contributed by atoms with Gasteiger partial charge in [-0.15, -0.1) is 0 Å². The van der Waals surface area contributed by atoms with E-state index in [2.05, 4.69) is 0 Å². The molecule has 0 unspecified atom stereocenters. The van der Waals surface area contributed by atoms with Crippen molar-refractivity contribution in [2.45, 2.75) is 0 Å². The number of ketones is 2. The number of nitro groups is 2. The van der Waals surface area contributed by atoms with E-state index in [-0.39, 0.29) is 11.1 Å². The van der Waals surface area contributed by atoms with Gasteiger partial charge in [0.25, 0.3) is 0 Å². The lowest BCUT2D eigenvalue weighted by Crippen LogP contribution is -2.21. The smallest absolute Gasteiger partial charge is 0.387 e. The molecule has 0 bridgehead atoms. The summed E-state index contributed by atoms with van der Waals surface area (Å²) in [4.78, 5) is 44.6. The summed E-state index contributed by atoms with van der Waals surface area (Å²) in [6.45, 7) is 0. The van der Waals surface area contributed by atoms with Gasteiger partial charge in [0.1, 0.15) is 0 Å². The zero-order chi connectivity index (χ0) is 16.9. The SMILES string of the molecule is O=C1c2ccccc2C(=O)c2c1cc([N+](=O)[O-])c([N+](=O)[O-])c2O. The van der Waals surface area contributed by atoms with Gasteiger partial charge in [0.2, 0.25) is 5.75 Å². The number of carbonyl (C=O) groups excluding carboxylic acids is 2. The summed E-state index contributed by atoms with van der Waals surface area (Å²) >= 11 is 0. The second kappa shape index (κ2) is 4.70. The molecule has 1 aliphatic rings. The number of nitro benzene ring substituents is 2. The number of phenolic OH excluding ortho intramolecular Hbond substituents is 1. The predicted molar refractivity (Wildman–Crippen MR) is 74.7 cm³/mol. The maximum absolute atomic E-state index is 12.4. The molecule has 0 aliphatic heterocycles. The van der Waals surface area contributed by atoms with Crippen LogP contribution >= 0.6 is 0 Å². The number of phenols is 1. The van der Waals surface area contributed by atoms with Gasteiger partial charge in [-0.1, -0.05) is 24.3 Å². The highest BCUT2D eigenvalue weighted by Crippen LogP contribution is 2.44. The van der Waals surface area contributed by atoms with Crippen LogP contribution in [0.5, 0.6) is 5.75 Å². The molecular weight excluding hydrogens is 308 g/mol. The molecule has 3 rings (SSSR count). The third-order valence-corrected chi connectivity index (χ3v) is 3.52. The Labute approximate surface area is 127 Å². The summed E-state index contributed by atoms with van der Waals surface area (Å²) in [7, 11) is 0. The monoisotopic (exact) mass is 314 g/mol. The van der Waals surface area contributed by atoms with Crippen molar-refractivity contribution in [2.24, 2.45) is 0 Å². The molecule has 0 aromatic heterocycles. The third-order valence-electron chi connectivity index (χ3n) is 3.52. The molecule has 2 aromatic carbocycles. The van der Waals surface area contributed by atoms with Crippen molar-refractivity contribution >= 4 is 22.9 Å². The van der Waals surface area contributed by atoms with Crippen molar-refractivity contribution in [1.82, 2.24) is 0 Å². The Hall–Kier alpha value is -3.62. The maximum Gasteiger partial charge on any atom is 0.387 e. The van der Waals surface area contributed by atoms with E-state index in [1.807, 2.05) is 0 Å². The van der Waals surface area contributed by atoms with E-state index in [4.69, 9.17) is 0 Å². The molecule has 1 N–H and O–H groups in total. The molecule has 114 valence electrons. The van der Waals surface area contributed by atoms with E-state index < -0.39 is 49.7 Å². The Balaban J connectivity index is 2.42. The first-order valence-corrected chi connectivity index (χ1v) is 6.21. The number of hydrogen-bond acceptors (Lipinski definition) is 7. The highest BCUT2D eigenvalue weighted by Gasteiger charge is 2.41. The fourth-order valence-corrected chi connectivity index (χ4v) is 2.53. The number of nitrogens with zero attached hydrogens (tertiary/aromatic N) is 2. The fourth-order valence-electron chi connectivity index (χ4n) is 2.53. The highest BCUT2D eigenvalue weighted by molar-refractivity contribution is 6.30. The summed E-state index contributed by atoms with van der Waals surface area (Å²) in [5.41, 5.74) is -3.29. The van der Waals surface area contributed by atoms with Crippen LogP contribution in [0.2, 0.25) is 0 Å². The van der Waals surface area contributed by atoms with Crippen LogP contribution in [0.4, 0.5) is 11.4 Å². The van der Waals surface area contributed by atoms with Gasteiger partial charge in [-0.25, -0.2) is 0 Å². The van der Waals surface area contributed by atoms with Gasteiger partial charge in [-0.3, -0.25) is 29.8 Å². The van der Waals surface area contributed by atoms with Crippen LogP contribution in [0.3, 0.4) is 0 Å². The van der Waals surface area contributed by atoms with Crippen molar-refractivity contribution in [3.05, 3.63) is 72.8 Å². The number of benzene rings is 2. The Morgan fingerprint density at radius 3 is 1.96 bits per heavy atom. The average molecular weight is 314 g/mol. The van der Waals surface area contributed by atoms with Crippen LogP contribution in [0, 0.1) is 20.2 Å². The van der Waals surface area contributed by atoms with E-state index in [0.717, 1.165) is 0 Å². The molecule has 9 heteroatoms. The Bertz CT molecular complexity index is 933. The molecule has 1 aliphatic carbocycles. The Morgan fingerprint density at radius 1 is 0.870 bits per heavy atom. The summed E-state index contributed by atoms with van der Waals surface area (Å²) in [5, 5.41) is 32.0. The fraction of sp³-hybridized carbons (Fsp3) is 0. The lowest BCUT2D eigenvalue weighted by Gasteiger charge is -2.17. The van der Waals surface area contributed by atoms with Gasteiger partial charge in [0.15, 0.2) is 11.6 Å². The number of carbonyl (C=O) groups is 2. The topological polar surface area (TPSA) is 141 Å². The molecular formula is C14H6N2O7. The highest BCUT2D eigenvalue weighted by atomic mass is 16.6. The molecule has 0 amide bonds. The number of aromatic hydroxyl groups is 1. The van der Waals surface area contributed by atoms with E-state index in [1.54, 1.807) is 0 Å². The Morgan fingerprint density at radius 2 is 1.43 bits per heavy atom.